The number of rotatable bonds is 4. The van der Waals surface area contributed by atoms with E-state index in [0.717, 1.165) is 22.2 Å². The van der Waals surface area contributed by atoms with Crippen LogP contribution in [0, 0.1) is 6.92 Å². The number of aryl methyl sites for hydroxylation is 1. The lowest BCUT2D eigenvalue weighted by Gasteiger charge is -2.12. The molecule has 2 heterocycles. The maximum absolute atomic E-state index is 13.4. The molecule has 0 aliphatic rings. The maximum Gasteiger partial charge on any atom is 0.268 e. The van der Waals surface area contributed by atoms with Crippen LogP contribution in [-0.4, -0.2) is 17.4 Å². The molecule has 0 atom stereocenters. The van der Waals surface area contributed by atoms with Crippen LogP contribution in [0.15, 0.2) is 84.0 Å². The highest BCUT2D eigenvalue weighted by Crippen LogP contribution is 2.27. The molecule has 0 saturated carbocycles. The Bertz CT molecular complexity index is 1160. The summed E-state index contributed by atoms with van der Waals surface area (Å²) in [5, 5.41) is 0.905. The Kier molecular flexibility index (Phi) is 4.09. The summed E-state index contributed by atoms with van der Waals surface area (Å²) in [6.07, 6.45) is 3.97. The summed E-state index contributed by atoms with van der Waals surface area (Å²) in [6, 6.07) is 20.3. The Morgan fingerprint density at radius 2 is 1.73 bits per heavy atom. The van der Waals surface area contributed by atoms with Crippen molar-refractivity contribution in [3.8, 4) is 0 Å². The van der Waals surface area contributed by atoms with Crippen LogP contribution < -0.4 is 0 Å². The Morgan fingerprint density at radius 3 is 2.46 bits per heavy atom. The fourth-order valence-corrected chi connectivity index (χ4v) is 4.66. The zero-order chi connectivity index (χ0) is 18.1. The molecule has 4 nitrogen and oxygen atoms in total. The lowest BCUT2D eigenvalue weighted by atomic mass is 10.1. The summed E-state index contributed by atoms with van der Waals surface area (Å²) < 4.78 is 28.2. The number of nitrogens with zero attached hydrogens (tertiary/aromatic N) is 2. The van der Waals surface area contributed by atoms with Crippen LogP contribution in [0.3, 0.4) is 0 Å². The van der Waals surface area contributed by atoms with Gasteiger partial charge in [-0.2, -0.15) is 0 Å². The van der Waals surface area contributed by atoms with E-state index in [2.05, 4.69) is 4.98 Å². The van der Waals surface area contributed by atoms with Gasteiger partial charge < -0.3 is 0 Å². The summed E-state index contributed by atoms with van der Waals surface area (Å²) in [5.74, 6) is 0. The number of fused-ring (bicyclic) bond motifs is 1. The molecule has 0 spiro atoms. The molecule has 0 unspecified atom stereocenters. The van der Waals surface area contributed by atoms with Crippen LogP contribution in [0.2, 0.25) is 0 Å². The number of para-hydroxylation sites is 1. The monoisotopic (exact) mass is 362 g/mol. The molecule has 0 bridgehead atoms. The smallest absolute Gasteiger partial charge is 0.264 e. The molecule has 0 fully saturated rings. The van der Waals surface area contributed by atoms with E-state index >= 15 is 0 Å². The molecule has 2 aromatic carbocycles. The van der Waals surface area contributed by atoms with Gasteiger partial charge in [0.05, 0.1) is 10.4 Å². The first-order valence-corrected chi connectivity index (χ1v) is 9.80. The van der Waals surface area contributed by atoms with Crippen molar-refractivity contribution in [1.82, 2.24) is 8.96 Å². The van der Waals surface area contributed by atoms with Gasteiger partial charge in [0.15, 0.2) is 0 Å². The summed E-state index contributed by atoms with van der Waals surface area (Å²) in [6.45, 7) is 1.94. The molecular formula is C21H18N2O2S. The Morgan fingerprint density at radius 1 is 0.962 bits per heavy atom. The van der Waals surface area contributed by atoms with Crippen LogP contribution in [0.4, 0.5) is 0 Å². The molecule has 4 aromatic rings. The number of benzene rings is 2. The van der Waals surface area contributed by atoms with Crippen molar-refractivity contribution in [2.24, 2.45) is 0 Å². The van der Waals surface area contributed by atoms with Crippen LogP contribution in [0.25, 0.3) is 10.9 Å². The van der Waals surface area contributed by atoms with Crippen molar-refractivity contribution < 1.29 is 8.42 Å². The van der Waals surface area contributed by atoms with Gasteiger partial charge in [0.25, 0.3) is 10.0 Å². The third-order valence-electron chi connectivity index (χ3n) is 4.41. The Labute approximate surface area is 152 Å². The summed E-state index contributed by atoms with van der Waals surface area (Å²) in [5.41, 5.74) is 3.40. The number of pyridine rings is 1. The molecule has 0 radical (unpaired) electrons. The van der Waals surface area contributed by atoms with Crippen molar-refractivity contribution in [3.05, 3.63) is 95.9 Å². The van der Waals surface area contributed by atoms with E-state index in [0.29, 0.717) is 11.9 Å². The molecule has 2 aromatic heterocycles. The molecule has 0 saturated heterocycles. The van der Waals surface area contributed by atoms with Gasteiger partial charge in [-0.3, -0.25) is 4.98 Å². The predicted octanol–water partition coefficient (Wildman–Crippen LogP) is 4.17. The average molecular weight is 362 g/mol. The lowest BCUT2D eigenvalue weighted by Crippen LogP contribution is -2.16. The fraction of sp³-hybridized carbons (Fsp3) is 0.0952. The summed E-state index contributed by atoms with van der Waals surface area (Å²) in [4.78, 5) is 4.42. The second kappa shape index (κ2) is 6.42. The van der Waals surface area contributed by atoms with Gasteiger partial charge in [-0.25, -0.2) is 12.4 Å². The van der Waals surface area contributed by atoms with E-state index < -0.39 is 10.0 Å². The van der Waals surface area contributed by atoms with Crippen LogP contribution in [0.1, 0.15) is 16.8 Å². The fourth-order valence-electron chi connectivity index (χ4n) is 3.12. The summed E-state index contributed by atoms with van der Waals surface area (Å²) in [7, 11) is -3.69. The van der Waals surface area contributed by atoms with Crippen molar-refractivity contribution in [2.45, 2.75) is 18.2 Å². The van der Waals surface area contributed by atoms with Gasteiger partial charge in [0.2, 0.25) is 0 Å². The predicted molar refractivity (Wildman–Crippen MR) is 103 cm³/mol. The zero-order valence-electron chi connectivity index (χ0n) is 14.3. The second-order valence-corrected chi connectivity index (χ2v) is 8.10. The molecule has 4 rings (SSSR count). The van der Waals surface area contributed by atoms with Gasteiger partial charge in [0.1, 0.15) is 0 Å². The van der Waals surface area contributed by atoms with Gasteiger partial charge >= 0.3 is 0 Å². The topological polar surface area (TPSA) is 52.0 Å². The number of hydrogen-bond acceptors (Lipinski definition) is 3. The maximum atomic E-state index is 13.4. The number of aromatic nitrogens is 2. The van der Waals surface area contributed by atoms with E-state index in [1.165, 1.54) is 3.97 Å². The molecule has 130 valence electrons. The molecule has 0 N–H and O–H groups in total. The zero-order valence-corrected chi connectivity index (χ0v) is 15.1. The lowest BCUT2D eigenvalue weighted by molar-refractivity contribution is 0.587. The highest BCUT2D eigenvalue weighted by atomic mass is 32.2. The van der Waals surface area contributed by atoms with E-state index in [-0.39, 0.29) is 4.90 Å². The van der Waals surface area contributed by atoms with Gasteiger partial charge in [0, 0.05) is 29.9 Å². The molecule has 0 aliphatic heterocycles. The SMILES string of the molecule is Cc1ccc(S(=O)(=O)n2c(Cc3cccnc3)cc3ccccc32)cc1. The third kappa shape index (κ3) is 2.91. The minimum atomic E-state index is -3.69. The average Bonchev–Trinajstić information content (AvgIpc) is 3.01. The minimum Gasteiger partial charge on any atom is -0.264 e. The van der Waals surface area contributed by atoms with E-state index in [1.54, 1.807) is 24.5 Å². The molecule has 5 heteroatoms. The van der Waals surface area contributed by atoms with Crippen molar-refractivity contribution >= 4 is 20.9 Å². The molecule has 0 amide bonds. The van der Waals surface area contributed by atoms with E-state index in [9.17, 15) is 8.42 Å². The normalized spacial score (nSPS) is 11.7. The van der Waals surface area contributed by atoms with Gasteiger partial charge in [-0.15, -0.1) is 0 Å². The molecule has 26 heavy (non-hydrogen) atoms. The molecular weight excluding hydrogens is 344 g/mol. The second-order valence-electron chi connectivity index (χ2n) is 6.32. The standard InChI is InChI=1S/C21H18N2O2S/c1-16-8-10-20(11-9-16)26(24,25)23-19(13-17-5-4-12-22-15-17)14-18-6-2-3-7-21(18)23/h2-12,14-15H,13H2,1H3. The Balaban J connectivity index is 1.92. The molecule has 0 aliphatic carbocycles. The van der Waals surface area contributed by atoms with Crippen LogP contribution in [-0.2, 0) is 16.4 Å². The van der Waals surface area contributed by atoms with E-state index in [1.807, 2.05) is 61.5 Å². The number of hydrogen-bond donors (Lipinski definition) is 0. The Hall–Kier alpha value is -2.92. The van der Waals surface area contributed by atoms with Gasteiger partial charge in [-0.05, 0) is 42.8 Å². The first-order chi connectivity index (χ1) is 12.6. The highest BCUT2D eigenvalue weighted by molar-refractivity contribution is 7.90. The van der Waals surface area contributed by atoms with E-state index in [4.69, 9.17) is 0 Å². The van der Waals surface area contributed by atoms with Gasteiger partial charge in [-0.1, -0.05) is 42.0 Å². The van der Waals surface area contributed by atoms with Crippen molar-refractivity contribution in [3.63, 3.8) is 0 Å². The minimum absolute atomic E-state index is 0.289. The quantitative estimate of drug-likeness (QED) is 0.547. The third-order valence-corrected chi connectivity index (χ3v) is 6.19. The largest absolute Gasteiger partial charge is 0.268 e. The van der Waals surface area contributed by atoms with Crippen LogP contribution in [0.5, 0.6) is 0 Å². The first kappa shape index (κ1) is 16.5. The summed E-state index contributed by atoms with van der Waals surface area (Å²) >= 11 is 0. The van der Waals surface area contributed by atoms with Crippen molar-refractivity contribution in [1.29, 1.82) is 0 Å². The highest BCUT2D eigenvalue weighted by Gasteiger charge is 2.23. The van der Waals surface area contributed by atoms with Crippen molar-refractivity contribution in [2.75, 3.05) is 0 Å². The van der Waals surface area contributed by atoms with Crippen LogP contribution >= 0.6 is 0 Å². The first-order valence-electron chi connectivity index (χ1n) is 8.36.